The molecule has 1 aliphatic rings. The highest BCUT2D eigenvalue weighted by Gasteiger charge is 2.36. The maximum atomic E-state index is 11.8. The van der Waals surface area contributed by atoms with E-state index in [1.807, 2.05) is 0 Å². The van der Waals surface area contributed by atoms with Crippen LogP contribution in [0.25, 0.3) is 0 Å². The highest BCUT2D eigenvalue weighted by Crippen LogP contribution is 2.29. The average Bonchev–Trinajstić information content (AvgIpc) is 2.81. The summed E-state index contributed by atoms with van der Waals surface area (Å²) >= 11 is 0. The van der Waals surface area contributed by atoms with Gasteiger partial charge in [-0.05, 0) is 18.6 Å². The normalized spacial score (nSPS) is 18.2. The van der Waals surface area contributed by atoms with Gasteiger partial charge in [-0.2, -0.15) is 0 Å². The minimum absolute atomic E-state index is 0.143. The second-order valence-electron chi connectivity index (χ2n) is 4.59. The van der Waals surface area contributed by atoms with Crippen molar-refractivity contribution >= 4 is 11.9 Å². The lowest BCUT2D eigenvalue weighted by Crippen LogP contribution is -2.37. The van der Waals surface area contributed by atoms with Crippen LogP contribution < -0.4 is 9.47 Å². The minimum atomic E-state index is -0.969. The summed E-state index contributed by atoms with van der Waals surface area (Å²) in [5.41, 5.74) is 0.759. The molecule has 1 aromatic rings. The second kappa shape index (κ2) is 5.81. The largest absolute Gasteiger partial charge is 0.497 e. The molecule has 0 radical (unpaired) electrons. The first-order valence-electron chi connectivity index (χ1n) is 6.30. The third-order valence-electron chi connectivity index (χ3n) is 3.45. The van der Waals surface area contributed by atoms with Crippen molar-refractivity contribution in [1.82, 2.24) is 4.90 Å². The monoisotopic (exact) mass is 279 g/mol. The van der Waals surface area contributed by atoms with Gasteiger partial charge in [0.2, 0.25) is 5.91 Å². The molecule has 6 nitrogen and oxygen atoms in total. The number of carbonyl (C=O) groups is 2. The van der Waals surface area contributed by atoms with Gasteiger partial charge in [-0.25, -0.2) is 4.79 Å². The van der Waals surface area contributed by atoms with Crippen LogP contribution in [0.4, 0.5) is 0 Å². The van der Waals surface area contributed by atoms with Crippen LogP contribution in [0.1, 0.15) is 18.4 Å². The molecule has 108 valence electrons. The number of rotatable bonds is 5. The quantitative estimate of drug-likeness (QED) is 0.878. The Balaban J connectivity index is 2.24. The van der Waals surface area contributed by atoms with Gasteiger partial charge < -0.3 is 19.5 Å². The van der Waals surface area contributed by atoms with Crippen LogP contribution in [0.3, 0.4) is 0 Å². The predicted octanol–water partition coefficient (Wildman–Crippen LogP) is 1.28. The number of carboxylic acids is 1. The van der Waals surface area contributed by atoms with Crippen molar-refractivity contribution in [2.24, 2.45) is 0 Å². The number of ether oxygens (including phenoxy) is 2. The molecule has 0 aromatic heterocycles. The van der Waals surface area contributed by atoms with Crippen LogP contribution in [-0.2, 0) is 16.1 Å². The zero-order valence-electron chi connectivity index (χ0n) is 11.5. The summed E-state index contributed by atoms with van der Waals surface area (Å²) in [6, 6.07) is 4.50. The highest BCUT2D eigenvalue weighted by atomic mass is 16.5. The molecule has 1 atom stereocenters. The summed E-state index contributed by atoms with van der Waals surface area (Å²) in [5.74, 6) is 0.111. The summed E-state index contributed by atoms with van der Waals surface area (Å²) in [7, 11) is 3.08. The molecule has 1 saturated heterocycles. The second-order valence-corrected chi connectivity index (χ2v) is 4.59. The molecular weight excluding hydrogens is 262 g/mol. The van der Waals surface area contributed by atoms with Crippen LogP contribution in [0.2, 0.25) is 0 Å². The van der Waals surface area contributed by atoms with Crippen LogP contribution in [0.5, 0.6) is 11.5 Å². The standard InChI is InChI=1S/C14H17NO5/c1-19-10-4-3-9(12(7-10)20-2)8-15-11(14(17)18)5-6-13(15)16/h3-4,7,11H,5-6,8H2,1-2H3,(H,17,18). The molecule has 20 heavy (non-hydrogen) atoms. The SMILES string of the molecule is COc1ccc(CN2C(=O)CCC2C(=O)O)c(OC)c1. The lowest BCUT2D eigenvalue weighted by molar-refractivity contribution is -0.146. The molecule has 2 rings (SSSR count). The van der Waals surface area contributed by atoms with Crippen LogP contribution >= 0.6 is 0 Å². The topological polar surface area (TPSA) is 76.1 Å². The number of amides is 1. The molecule has 0 bridgehead atoms. The Morgan fingerprint density at radius 1 is 1.40 bits per heavy atom. The lowest BCUT2D eigenvalue weighted by atomic mass is 10.1. The smallest absolute Gasteiger partial charge is 0.326 e. The van der Waals surface area contributed by atoms with E-state index in [0.717, 1.165) is 5.56 Å². The van der Waals surface area contributed by atoms with Crippen molar-refractivity contribution in [3.05, 3.63) is 23.8 Å². The first kappa shape index (κ1) is 14.2. The summed E-state index contributed by atoms with van der Waals surface area (Å²) < 4.78 is 10.4. The zero-order chi connectivity index (χ0) is 14.7. The first-order chi connectivity index (χ1) is 9.56. The molecule has 6 heteroatoms. The Morgan fingerprint density at radius 3 is 2.75 bits per heavy atom. The van der Waals surface area contributed by atoms with Gasteiger partial charge in [0.1, 0.15) is 17.5 Å². The number of carbonyl (C=O) groups excluding carboxylic acids is 1. The molecule has 1 N–H and O–H groups in total. The molecule has 1 unspecified atom stereocenters. The molecule has 1 aliphatic heterocycles. The van der Waals surface area contributed by atoms with E-state index in [1.54, 1.807) is 25.3 Å². The van der Waals surface area contributed by atoms with Crippen molar-refractivity contribution < 1.29 is 24.2 Å². The fraction of sp³-hybridized carbons (Fsp3) is 0.429. The van der Waals surface area contributed by atoms with Crippen molar-refractivity contribution in [3.8, 4) is 11.5 Å². The van der Waals surface area contributed by atoms with E-state index in [0.29, 0.717) is 17.9 Å². The van der Waals surface area contributed by atoms with Gasteiger partial charge in [0.25, 0.3) is 0 Å². The molecule has 1 amide bonds. The maximum absolute atomic E-state index is 11.8. The third-order valence-corrected chi connectivity index (χ3v) is 3.45. The van der Waals surface area contributed by atoms with Gasteiger partial charge >= 0.3 is 5.97 Å². The number of nitrogens with zero attached hydrogens (tertiary/aromatic N) is 1. The maximum Gasteiger partial charge on any atom is 0.326 e. The van der Waals surface area contributed by atoms with Gasteiger partial charge in [0.05, 0.1) is 20.8 Å². The van der Waals surface area contributed by atoms with Crippen molar-refractivity contribution in [2.75, 3.05) is 14.2 Å². The van der Waals surface area contributed by atoms with Gasteiger partial charge in [0, 0.05) is 18.1 Å². The Hall–Kier alpha value is -2.24. The number of hydrogen-bond acceptors (Lipinski definition) is 4. The first-order valence-corrected chi connectivity index (χ1v) is 6.30. The molecule has 0 saturated carbocycles. The Labute approximate surface area is 116 Å². The van der Waals surface area contributed by atoms with Gasteiger partial charge in [-0.15, -0.1) is 0 Å². The van der Waals surface area contributed by atoms with E-state index >= 15 is 0 Å². The average molecular weight is 279 g/mol. The van der Waals surface area contributed by atoms with E-state index in [4.69, 9.17) is 14.6 Å². The fourth-order valence-electron chi connectivity index (χ4n) is 2.35. The zero-order valence-corrected chi connectivity index (χ0v) is 11.5. The molecule has 1 fully saturated rings. The van der Waals surface area contributed by atoms with E-state index in [2.05, 4.69) is 0 Å². The minimum Gasteiger partial charge on any atom is -0.497 e. The molecule has 0 aliphatic carbocycles. The Bertz CT molecular complexity index is 528. The molecule has 1 aromatic carbocycles. The van der Waals surface area contributed by atoms with Crippen molar-refractivity contribution in [2.45, 2.75) is 25.4 Å². The molecular formula is C14H17NO5. The van der Waals surface area contributed by atoms with Crippen LogP contribution in [0, 0.1) is 0 Å². The third kappa shape index (κ3) is 2.68. The number of methoxy groups -OCH3 is 2. The van der Waals surface area contributed by atoms with Crippen LogP contribution in [0.15, 0.2) is 18.2 Å². The Kier molecular flexibility index (Phi) is 4.12. The highest BCUT2D eigenvalue weighted by molar-refractivity contribution is 5.87. The van der Waals surface area contributed by atoms with Crippen LogP contribution in [-0.4, -0.2) is 42.1 Å². The van der Waals surface area contributed by atoms with E-state index in [1.165, 1.54) is 12.0 Å². The van der Waals surface area contributed by atoms with E-state index in [-0.39, 0.29) is 18.9 Å². The Morgan fingerprint density at radius 2 is 2.15 bits per heavy atom. The number of likely N-dealkylation sites (tertiary alicyclic amines) is 1. The van der Waals surface area contributed by atoms with E-state index in [9.17, 15) is 9.59 Å². The summed E-state index contributed by atoms with van der Waals surface area (Å²) in [4.78, 5) is 24.4. The molecule has 0 spiro atoms. The number of aliphatic carboxylic acids is 1. The summed E-state index contributed by atoms with van der Waals surface area (Å²) in [6.45, 7) is 0.225. The van der Waals surface area contributed by atoms with Gasteiger partial charge in [-0.3, -0.25) is 4.79 Å². The van der Waals surface area contributed by atoms with Crippen molar-refractivity contribution in [1.29, 1.82) is 0 Å². The lowest BCUT2D eigenvalue weighted by Gasteiger charge is -2.22. The van der Waals surface area contributed by atoms with Gasteiger partial charge in [-0.1, -0.05) is 0 Å². The van der Waals surface area contributed by atoms with E-state index < -0.39 is 12.0 Å². The molecule has 1 heterocycles. The van der Waals surface area contributed by atoms with Crippen molar-refractivity contribution in [3.63, 3.8) is 0 Å². The van der Waals surface area contributed by atoms with Gasteiger partial charge in [0.15, 0.2) is 0 Å². The predicted molar refractivity (Wildman–Crippen MR) is 70.8 cm³/mol. The fourth-order valence-corrected chi connectivity index (χ4v) is 2.35. The number of benzene rings is 1. The number of hydrogen-bond donors (Lipinski definition) is 1. The summed E-state index contributed by atoms with van der Waals surface area (Å²) in [5, 5.41) is 9.14. The summed E-state index contributed by atoms with van der Waals surface area (Å²) in [6.07, 6.45) is 0.627. The number of carboxylic acid groups (broad SMARTS) is 1.